The molecule has 4 nitrogen and oxygen atoms in total. The van der Waals surface area contributed by atoms with Crippen LogP contribution in [0.2, 0.25) is 0 Å². The second-order valence-electron chi connectivity index (χ2n) is 8.02. The number of aryl methyl sites for hydroxylation is 1. The van der Waals surface area contributed by atoms with Gasteiger partial charge in [0.1, 0.15) is 17.4 Å². The van der Waals surface area contributed by atoms with E-state index in [1.807, 2.05) is 6.07 Å². The van der Waals surface area contributed by atoms with Crippen LogP contribution < -0.4 is 15.4 Å². The van der Waals surface area contributed by atoms with Crippen molar-refractivity contribution < 1.29 is 18.3 Å². The van der Waals surface area contributed by atoms with Crippen LogP contribution in [0.3, 0.4) is 0 Å². The molecule has 0 fully saturated rings. The Morgan fingerprint density at radius 3 is 2.30 bits per heavy atom. The summed E-state index contributed by atoms with van der Waals surface area (Å²) in [6.07, 6.45) is 1.91. The average Bonchev–Trinajstić information content (AvgIpc) is 2.81. The van der Waals surface area contributed by atoms with E-state index in [1.165, 1.54) is 23.3 Å². The van der Waals surface area contributed by atoms with Crippen molar-refractivity contribution in [2.24, 2.45) is 0 Å². The fourth-order valence-electron chi connectivity index (χ4n) is 3.72. The summed E-state index contributed by atoms with van der Waals surface area (Å²) in [5.74, 6) is -0.830. The topological polar surface area (TPSA) is 50.4 Å². The Hall–Kier alpha value is -3.25. The molecule has 33 heavy (non-hydrogen) atoms. The Labute approximate surface area is 194 Å². The number of hydrogen-bond acceptors (Lipinski definition) is 3. The fourth-order valence-corrected chi connectivity index (χ4v) is 3.72. The second-order valence-corrected chi connectivity index (χ2v) is 8.02. The van der Waals surface area contributed by atoms with Crippen molar-refractivity contribution in [2.75, 3.05) is 13.7 Å². The van der Waals surface area contributed by atoms with Gasteiger partial charge in [-0.2, -0.15) is 0 Å². The Morgan fingerprint density at radius 2 is 1.64 bits per heavy atom. The predicted molar refractivity (Wildman–Crippen MR) is 126 cm³/mol. The molecule has 174 valence electrons. The normalized spacial score (nSPS) is 11.8. The summed E-state index contributed by atoms with van der Waals surface area (Å²) in [4.78, 5) is 12.8. The first-order chi connectivity index (χ1) is 16.0. The van der Waals surface area contributed by atoms with E-state index in [9.17, 15) is 13.6 Å². The maximum absolute atomic E-state index is 13.7. The van der Waals surface area contributed by atoms with E-state index >= 15 is 0 Å². The highest BCUT2D eigenvalue weighted by molar-refractivity contribution is 5.94. The van der Waals surface area contributed by atoms with Crippen molar-refractivity contribution in [3.8, 4) is 5.75 Å². The van der Waals surface area contributed by atoms with Gasteiger partial charge >= 0.3 is 0 Å². The van der Waals surface area contributed by atoms with Gasteiger partial charge in [0.2, 0.25) is 0 Å². The van der Waals surface area contributed by atoms with Crippen LogP contribution in [0.25, 0.3) is 0 Å². The fraction of sp³-hybridized carbons (Fsp3) is 0.296. The van der Waals surface area contributed by atoms with Crippen LogP contribution in [0.4, 0.5) is 8.78 Å². The van der Waals surface area contributed by atoms with Gasteiger partial charge in [-0.25, -0.2) is 8.78 Å². The molecule has 2 N–H and O–H groups in total. The van der Waals surface area contributed by atoms with Crippen LogP contribution in [0.1, 0.15) is 40.4 Å². The number of carbonyl (C=O) groups excluding carboxylic acids is 1. The van der Waals surface area contributed by atoms with Crippen LogP contribution in [0.5, 0.6) is 5.75 Å². The maximum atomic E-state index is 13.7. The summed E-state index contributed by atoms with van der Waals surface area (Å²) in [5.41, 5.74) is 3.48. The monoisotopic (exact) mass is 452 g/mol. The molecule has 1 atom stereocenters. The summed E-state index contributed by atoms with van der Waals surface area (Å²) in [5, 5.41) is 6.41. The third kappa shape index (κ3) is 7.68. The van der Waals surface area contributed by atoms with Crippen molar-refractivity contribution in [1.82, 2.24) is 10.6 Å². The van der Waals surface area contributed by atoms with Gasteiger partial charge in [-0.15, -0.1) is 0 Å². The first-order valence-electron chi connectivity index (χ1n) is 11.1. The second kappa shape index (κ2) is 12.1. The molecule has 0 bridgehead atoms. The maximum Gasteiger partial charge on any atom is 0.251 e. The highest BCUT2D eigenvalue weighted by atomic mass is 19.1. The lowest BCUT2D eigenvalue weighted by Crippen LogP contribution is -2.38. The number of hydrogen-bond donors (Lipinski definition) is 2. The zero-order chi connectivity index (χ0) is 23.6. The lowest BCUT2D eigenvalue weighted by molar-refractivity contribution is 0.0935. The largest absolute Gasteiger partial charge is 0.497 e. The Balaban J connectivity index is 1.64. The van der Waals surface area contributed by atoms with Gasteiger partial charge in [0.15, 0.2) is 0 Å². The first-order valence-corrected chi connectivity index (χ1v) is 11.1. The molecule has 3 rings (SSSR count). The van der Waals surface area contributed by atoms with Crippen LogP contribution in [-0.4, -0.2) is 25.6 Å². The van der Waals surface area contributed by atoms with E-state index in [0.717, 1.165) is 12.5 Å². The number of ether oxygens (including phenoxy) is 1. The molecule has 3 aromatic rings. The molecule has 0 heterocycles. The van der Waals surface area contributed by atoms with Gasteiger partial charge < -0.3 is 15.4 Å². The minimum atomic E-state index is -0.626. The van der Waals surface area contributed by atoms with Crippen molar-refractivity contribution in [1.29, 1.82) is 0 Å². The summed E-state index contributed by atoms with van der Waals surface area (Å²) >= 11 is 0. The van der Waals surface area contributed by atoms with Gasteiger partial charge in [-0.1, -0.05) is 31.2 Å². The molecule has 0 saturated carbocycles. The summed E-state index contributed by atoms with van der Waals surface area (Å²) in [7, 11) is 1.56. The molecule has 3 aromatic carbocycles. The molecule has 1 unspecified atom stereocenters. The van der Waals surface area contributed by atoms with Crippen LogP contribution >= 0.6 is 0 Å². The highest BCUT2D eigenvalue weighted by Gasteiger charge is 2.16. The number of carbonyl (C=O) groups is 1. The van der Waals surface area contributed by atoms with Crippen molar-refractivity contribution in [2.45, 2.75) is 38.8 Å². The summed E-state index contributed by atoms with van der Waals surface area (Å²) in [6, 6.07) is 18.4. The lowest BCUT2D eigenvalue weighted by atomic mass is 10.0. The van der Waals surface area contributed by atoms with Gasteiger partial charge in [-0.05, 0) is 78.9 Å². The molecular weight excluding hydrogens is 422 g/mol. The predicted octanol–water partition coefficient (Wildman–Crippen LogP) is 5.06. The Morgan fingerprint density at radius 1 is 0.939 bits per heavy atom. The molecule has 0 spiro atoms. The molecule has 1 amide bonds. The van der Waals surface area contributed by atoms with E-state index < -0.39 is 11.6 Å². The number of amides is 1. The zero-order valence-corrected chi connectivity index (χ0v) is 19.0. The van der Waals surface area contributed by atoms with Crippen molar-refractivity contribution in [3.63, 3.8) is 0 Å². The Bertz CT molecular complexity index is 1030. The number of methoxy groups -OCH3 is 1. The standard InChI is InChI=1S/C27H30F2N2O2/c1-3-19-5-4-6-20(13-19)18-30-12-11-25(16-21-14-23(28)17-24(29)15-21)31-27(32)22-7-9-26(33-2)10-8-22/h4-10,13-15,17,25,30H,3,11-12,16,18H2,1-2H3,(H,31,32). The van der Waals surface area contributed by atoms with Crippen LogP contribution in [-0.2, 0) is 19.4 Å². The molecule has 0 aromatic heterocycles. The SMILES string of the molecule is CCc1cccc(CNCCC(Cc2cc(F)cc(F)c2)NC(=O)c2ccc(OC)cc2)c1. The number of benzene rings is 3. The van der Waals surface area contributed by atoms with E-state index in [0.29, 0.717) is 42.8 Å². The van der Waals surface area contributed by atoms with Crippen molar-refractivity contribution >= 4 is 5.91 Å². The number of nitrogens with one attached hydrogen (secondary N) is 2. The van der Waals surface area contributed by atoms with E-state index in [2.05, 4.69) is 35.8 Å². The summed E-state index contributed by atoms with van der Waals surface area (Å²) < 4.78 is 32.5. The van der Waals surface area contributed by atoms with E-state index in [-0.39, 0.29) is 11.9 Å². The minimum Gasteiger partial charge on any atom is -0.497 e. The van der Waals surface area contributed by atoms with Gasteiger partial charge in [0.25, 0.3) is 5.91 Å². The van der Waals surface area contributed by atoms with E-state index in [1.54, 1.807) is 31.4 Å². The molecular formula is C27H30F2N2O2. The highest BCUT2D eigenvalue weighted by Crippen LogP contribution is 2.14. The van der Waals surface area contributed by atoms with Crippen molar-refractivity contribution in [3.05, 3.63) is 101 Å². The van der Waals surface area contributed by atoms with E-state index in [4.69, 9.17) is 4.74 Å². The lowest BCUT2D eigenvalue weighted by Gasteiger charge is -2.20. The molecule has 0 aliphatic carbocycles. The van der Waals surface area contributed by atoms with Gasteiger partial charge in [0.05, 0.1) is 7.11 Å². The third-order valence-corrected chi connectivity index (χ3v) is 5.49. The Kier molecular flexibility index (Phi) is 8.95. The number of rotatable bonds is 11. The smallest absolute Gasteiger partial charge is 0.251 e. The average molecular weight is 453 g/mol. The molecule has 0 saturated heterocycles. The zero-order valence-electron chi connectivity index (χ0n) is 19.0. The van der Waals surface area contributed by atoms with Gasteiger partial charge in [0, 0.05) is 24.2 Å². The summed E-state index contributed by atoms with van der Waals surface area (Å²) in [6.45, 7) is 3.47. The first kappa shape index (κ1) is 24.4. The quantitative estimate of drug-likeness (QED) is 0.400. The van der Waals surface area contributed by atoms with Crippen LogP contribution in [0, 0.1) is 11.6 Å². The minimum absolute atomic E-state index is 0.241. The third-order valence-electron chi connectivity index (χ3n) is 5.49. The molecule has 6 heteroatoms. The van der Waals surface area contributed by atoms with Gasteiger partial charge in [-0.3, -0.25) is 4.79 Å². The molecule has 0 radical (unpaired) electrons. The molecule has 0 aliphatic heterocycles. The van der Waals surface area contributed by atoms with Crippen LogP contribution in [0.15, 0.2) is 66.7 Å². The number of halogens is 2. The molecule has 0 aliphatic rings.